The van der Waals surface area contributed by atoms with Crippen LogP contribution in [0.3, 0.4) is 0 Å². The lowest BCUT2D eigenvalue weighted by molar-refractivity contribution is 0.859. The molecule has 0 aliphatic carbocycles. The first-order valence-corrected chi connectivity index (χ1v) is 9.35. The van der Waals surface area contributed by atoms with Crippen molar-refractivity contribution in [1.29, 1.82) is 0 Å². The highest BCUT2D eigenvalue weighted by molar-refractivity contribution is 5.93. The number of benzene rings is 2. The number of H-pyrrole nitrogens is 1. The summed E-state index contributed by atoms with van der Waals surface area (Å²) >= 11 is 0. The number of nitrogens with one attached hydrogen (secondary N) is 1. The third kappa shape index (κ3) is 2.36. The summed E-state index contributed by atoms with van der Waals surface area (Å²) in [5, 5.41) is 2.18. The quantitative estimate of drug-likeness (QED) is 0.494. The van der Waals surface area contributed by atoms with Gasteiger partial charge in [0.05, 0.1) is 5.52 Å². The predicted molar refractivity (Wildman–Crippen MR) is 111 cm³/mol. The van der Waals surface area contributed by atoms with E-state index in [1.807, 2.05) is 18.5 Å². The van der Waals surface area contributed by atoms with Gasteiger partial charge in [0.15, 0.2) is 0 Å². The van der Waals surface area contributed by atoms with Crippen molar-refractivity contribution < 1.29 is 0 Å². The van der Waals surface area contributed by atoms with Crippen molar-refractivity contribution in [2.24, 2.45) is 0 Å². The van der Waals surface area contributed by atoms with Crippen LogP contribution >= 0.6 is 0 Å². The molecule has 0 radical (unpaired) electrons. The Bertz CT molecular complexity index is 1310. The molecule has 28 heavy (non-hydrogen) atoms. The molecule has 0 bridgehead atoms. The van der Waals surface area contributed by atoms with Gasteiger partial charge in [-0.1, -0.05) is 30.3 Å². The highest BCUT2D eigenvalue weighted by atomic mass is 15.2. The van der Waals surface area contributed by atoms with Crippen LogP contribution in [0.5, 0.6) is 0 Å². The van der Waals surface area contributed by atoms with Gasteiger partial charge in [0.25, 0.3) is 0 Å². The maximum Gasteiger partial charge on any atom is 0.140 e. The van der Waals surface area contributed by atoms with Gasteiger partial charge < -0.3 is 9.88 Å². The minimum Gasteiger partial charge on any atom is -0.347 e. The van der Waals surface area contributed by atoms with Gasteiger partial charge in [-0.15, -0.1) is 0 Å². The number of nitrogens with zero attached hydrogens (tertiary/aromatic N) is 4. The fourth-order valence-corrected chi connectivity index (χ4v) is 4.06. The first-order chi connectivity index (χ1) is 13.8. The molecule has 0 atom stereocenters. The zero-order chi connectivity index (χ0) is 18.5. The Labute approximate surface area is 161 Å². The van der Waals surface area contributed by atoms with Gasteiger partial charge in [-0.2, -0.15) is 0 Å². The molecule has 0 fully saturated rings. The summed E-state index contributed by atoms with van der Waals surface area (Å²) in [6.45, 7) is 1.76. The summed E-state index contributed by atoms with van der Waals surface area (Å²) in [7, 11) is 0. The molecule has 2 aromatic carbocycles. The highest BCUT2D eigenvalue weighted by Gasteiger charge is 2.21. The molecule has 5 nitrogen and oxygen atoms in total. The molecule has 5 heteroatoms. The second-order valence-corrected chi connectivity index (χ2v) is 7.19. The van der Waals surface area contributed by atoms with Crippen LogP contribution in [0, 0.1) is 0 Å². The van der Waals surface area contributed by atoms with Crippen LogP contribution in [-0.4, -0.2) is 19.9 Å². The molecule has 134 valence electrons. The lowest BCUT2D eigenvalue weighted by Gasteiger charge is -2.18. The van der Waals surface area contributed by atoms with Gasteiger partial charge in [-0.25, -0.2) is 15.0 Å². The first-order valence-electron chi connectivity index (χ1n) is 9.35. The predicted octanol–water partition coefficient (Wildman–Crippen LogP) is 4.69. The minimum atomic E-state index is 0.878. The molecule has 0 unspecified atom stereocenters. The Hall–Kier alpha value is -3.73. The molecule has 0 amide bonds. The van der Waals surface area contributed by atoms with Crippen molar-refractivity contribution in [3.8, 4) is 11.1 Å². The molecule has 4 heterocycles. The first kappa shape index (κ1) is 15.3. The van der Waals surface area contributed by atoms with Gasteiger partial charge in [0.1, 0.15) is 17.8 Å². The van der Waals surface area contributed by atoms with E-state index in [4.69, 9.17) is 0 Å². The number of hydrogen-bond acceptors (Lipinski definition) is 4. The van der Waals surface area contributed by atoms with Crippen molar-refractivity contribution in [2.45, 2.75) is 13.1 Å². The molecule has 0 spiro atoms. The maximum atomic E-state index is 4.64. The lowest BCUT2D eigenvalue weighted by atomic mass is 10.0. The van der Waals surface area contributed by atoms with Crippen molar-refractivity contribution in [1.82, 2.24) is 19.9 Å². The van der Waals surface area contributed by atoms with Gasteiger partial charge in [-0.3, -0.25) is 0 Å². The Morgan fingerprint density at radius 2 is 1.68 bits per heavy atom. The van der Waals surface area contributed by atoms with E-state index in [2.05, 4.69) is 73.4 Å². The summed E-state index contributed by atoms with van der Waals surface area (Å²) in [6, 6.07) is 19.2. The molecule has 1 aliphatic rings. The largest absolute Gasteiger partial charge is 0.347 e. The van der Waals surface area contributed by atoms with Crippen LogP contribution < -0.4 is 4.90 Å². The van der Waals surface area contributed by atoms with Gasteiger partial charge in [0.2, 0.25) is 0 Å². The van der Waals surface area contributed by atoms with Crippen molar-refractivity contribution in [3.63, 3.8) is 0 Å². The van der Waals surface area contributed by atoms with E-state index in [1.54, 1.807) is 6.33 Å². The van der Waals surface area contributed by atoms with E-state index in [-0.39, 0.29) is 0 Å². The lowest BCUT2D eigenvalue weighted by Crippen LogP contribution is -2.16. The van der Waals surface area contributed by atoms with E-state index in [0.717, 1.165) is 52.0 Å². The van der Waals surface area contributed by atoms with Crippen molar-refractivity contribution >= 4 is 27.8 Å². The Balaban J connectivity index is 1.47. The fraction of sp³-hybridized carbons (Fsp3) is 0.0870. The van der Waals surface area contributed by atoms with Crippen molar-refractivity contribution in [2.75, 3.05) is 4.90 Å². The molecule has 6 rings (SSSR count). The molecule has 3 aromatic heterocycles. The summed E-state index contributed by atoms with van der Waals surface area (Å²) in [5.74, 6) is 0.985. The monoisotopic (exact) mass is 363 g/mol. The second-order valence-electron chi connectivity index (χ2n) is 7.19. The molecular weight excluding hydrogens is 346 g/mol. The molecule has 5 aromatic rings. The molecular formula is C23H17N5. The number of fused-ring (bicyclic) bond motifs is 3. The summed E-state index contributed by atoms with van der Waals surface area (Å²) in [4.78, 5) is 19.1. The Kier molecular flexibility index (Phi) is 3.23. The van der Waals surface area contributed by atoms with E-state index < -0.39 is 0 Å². The van der Waals surface area contributed by atoms with Gasteiger partial charge in [-0.05, 0) is 41.0 Å². The minimum absolute atomic E-state index is 0.878. The normalized spacial score (nSPS) is 13.4. The van der Waals surface area contributed by atoms with Crippen LogP contribution in [0.25, 0.3) is 33.1 Å². The third-order valence-corrected chi connectivity index (χ3v) is 5.49. The van der Waals surface area contributed by atoms with Crippen LogP contribution in [0.15, 0.2) is 73.3 Å². The smallest absolute Gasteiger partial charge is 0.140 e. The van der Waals surface area contributed by atoms with Crippen LogP contribution in [0.4, 0.5) is 5.82 Å². The highest BCUT2D eigenvalue weighted by Crippen LogP contribution is 2.33. The van der Waals surface area contributed by atoms with E-state index in [0.29, 0.717) is 0 Å². The molecule has 0 saturated carbocycles. The zero-order valence-electron chi connectivity index (χ0n) is 15.1. The van der Waals surface area contributed by atoms with Crippen LogP contribution in [0.2, 0.25) is 0 Å². The topological polar surface area (TPSA) is 57.7 Å². The summed E-state index contributed by atoms with van der Waals surface area (Å²) in [5.41, 5.74) is 6.81. The third-order valence-electron chi connectivity index (χ3n) is 5.49. The van der Waals surface area contributed by atoms with E-state index in [9.17, 15) is 0 Å². The van der Waals surface area contributed by atoms with E-state index in [1.165, 1.54) is 11.1 Å². The molecule has 1 aliphatic heterocycles. The molecule has 1 N–H and O–H groups in total. The van der Waals surface area contributed by atoms with Gasteiger partial charge >= 0.3 is 0 Å². The number of anilines is 1. The number of aromatic amines is 1. The van der Waals surface area contributed by atoms with Gasteiger partial charge in [0, 0.05) is 41.8 Å². The van der Waals surface area contributed by atoms with Crippen LogP contribution in [-0.2, 0) is 13.1 Å². The van der Waals surface area contributed by atoms with Crippen LogP contribution in [0.1, 0.15) is 11.1 Å². The zero-order valence-corrected chi connectivity index (χ0v) is 15.1. The standard InChI is InChI=1S/C23H17N5/c1-2-4-18-13-28(12-17(18)3-1)23-20-10-15(5-6-21(20)26-14-27-23)19-9-16-7-8-24-22(16)25-11-19/h1-11,14H,12-13H2,(H,24,25). The fourth-order valence-electron chi connectivity index (χ4n) is 4.06. The number of aromatic nitrogens is 4. The average molecular weight is 363 g/mol. The summed E-state index contributed by atoms with van der Waals surface area (Å²) < 4.78 is 0. The number of hydrogen-bond donors (Lipinski definition) is 1. The van der Waals surface area contributed by atoms with E-state index >= 15 is 0 Å². The second kappa shape index (κ2) is 5.89. The maximum absolute atomic E-state index is 4.64. The Morgan fingerprint density at radius 1 is 0.821 bits per heavy atom. The molecule has 0 saturated heterocycles. The average Bonchev–Trinajstić information content (AvgIpc) is 3.39. The summed E-state index contributed by atoms with van der Waals surface area (Å²) in [6.07, 6.45) is 5.49. The van der Waals surface area contributed by atoms with Crippen molar-refractivity contribution in [3.05, 3.63) is 84.4 Å². The number of rotatable bonds is 2. The SMILES string of the molecule is c1ccc2c(c1)CN(c1ncnc3ccc(-c4cnc5[nH]ccc5c4)cc13)C2. The number of pyridine rings is 1. The Morgan fingerprint density at radius 3 is 2.54 bits per heavy atom.